The quantitative estimate of drug-likeness (QED) is 0.639. The lowest BCUT2D eigenvalue weighted by molar-refractivity contribution is 0.102. The van der Waals surface area contributed by atoms with E-state index in [1.165, 1.54) is 37.4 Å². The number of phenolic OH excluding ortho intramolecular Hbond substituents is 1. The van der Waals surface area contributed by atoms with Crippen LogP contribution in [-0.4, -0.2) is 28.9 Å². The standard InChI is InChI=1S/C21H19FN2O3/c22-17-10-12(9-13(11-25)19(17)26)20(27)23-15-2-4-16(5-3-15)24-18-6-1-14-7-8-21(14,18)24/h2-5,9-11,14,18,26H,1,6-8H2,(H,23,27). The van der Waals surface area contributed by atoms with E-state index >= 15 is 0 Å². The summed E-state index contributed by atoms with van der Waals surface area (Å²) in [6.45, 7) is 0. The average molecular weight is 366 g/mol. The number of hydrogen-bond acceptors (Lipinski definition) is 4. The molecule has 5 nitrogen and oxygen atoms in total. The SMILES string of the molecule is O=Cc1cc(C(=O)Nc2ccc(N3C4CCC5CCC543)cc2)cc(F)c1O. The van der Waals surface area contributed by atoms with Crippen molar-refractivity contribution in [1.82, 2.24) is 0 Å². The fourth-order valence-electron chi connectivity index (χ4n) is 5.11. The number of phenols is 1. The number of benzene rings is 2. The Hall–Kier alpha value is -2.89. The van der Waals surface area contributed by atoms with E-state index in [2.05, 4.69) is 10.2 Å². The number of nitrogens with zero attached hydrogens (tertiary/aromatic N) is 1. The number of aldehydes is 1. The van der Waals surface area contributed by atoms with Gasteiger partial charge >= 0.3 is 0 Å². The molecule has 1 spiro atoms. The zero-order valence-electron chi connectivity index (χ0n) is 14.6. The second-order valence-corrected chi connectivity index (χ2v) is 7.70. The van der Waals surface area contributed by atoms with Gasteiger partial charge in [0.1, 0.15) is 0 Å². The van der Waals surface area contributed by atoms with Gasteiger partial charge in [-0.15, -0.1) is 0 Å². The predicted molar refractivity (Wildman–Crippen MR) is 98.8 cm³/mol. The van der Waals surface area contributed by atoms with Crippen LogP contribution in [0.5, 0.6) is 5.75 Å². The van der Waals surface area contributed by atoms with Gasteiger partial charge in [0.25, 0.3) is 5.91 Å². The fourth-order valence-corrected chi connectivity index (χ4v) is 5.11. The maximum atomic E-state index is 13.7. The van der Waals surface area contributed by atoms with Crippen LogP contribution >= 0.6 is 0 Å². The molecule has 2 aromatic carbocycles. The summed E-state index contributed by atoms with van der Waals surface area (Å²) in [5, 5.41) is 12.2. The lowest BCUT2D eigenvalue weighted by Crippen LogP contribution is -2.37. The van der Waals surface area contributed by atoms with Gasteiger partial charge in [-0.2, -0.15) is 0 Å². The van der Waals surface area contributed by atoms with E-state index in [1.807, 2.05) is 24.3 Å². The molecule has 1 aliphatic heterocycles. The molecule has 3 atom stereocenters. The number of aromatic hydroxyl groups is 1. The Balaban J connectivity index is 1.31. The van der Waals surface area contributed by atoms with Gasteiger partial charge in [-0.1, -0.05) is 0 Å². The highest BCUT2D eigenvalue weighted by molar-refractivity contribution is 6.05. The highest BCUT2D eigenvalue weighted by Crippen LogP contribution is 2.67. The summed E-state index contributed by atoms with van der Waals surface area (Å²) in [5.74, 6) is -1.43. The topological polar surface area (TPSA) is 69.4 Å². The molecule has 1 saturated heterocycles. The molecular weight excluding hydrogens is 347 g/mol. The minimum Gasteiger partial charge on any atom is -0.504 e. The van der Waals surface area contributed by atoms with Crippen molar-refractivity contribution >= 4 is 23.6 Å². The maximum absolute atomic E-state index is 13.7. The van der Waals surface area contributed by atoms with Gasteiger partial charge in [0.15, 0.2) is 17.9 Å². The van der Waals surface area contributed by atoms with Gasteiger partial charge in [-0.05, 0) is 68.0 Å². The van der Waals surface area contributed by atoms with Crippen molar-refractivity contribution in [1.29, 1.82) is 0 Å². The van der Waals surface area contributed by atoms with Crippen LogP contribution in [0.25, 0.3) is 0 Å². The summed E-state index contributed by atoms with van der Waals surface area (Å²) >= 11 is 0. The van der Waals surface area contributed by atoms with Crippen molar-refractivity contribution in [2.75, 3.05) is 10.2 Å². The van der Waals surface area contributed by atoms with Gasteiger partial charge in [0, 0.05) is 16.9 Å². The number of carbonyl (C=O) groups excluding carboxylic acids is 2. The minimum absolute atomic E-state index is 0.0202. The van der Waals surface area contributed by atoms with Gasteiger partial charge < -0.3 is 15.3 Å². The van der Waals surface area contributed by atoms with Crippen molar-refractivity contribution in [3.63, 3.8) is 0 Å². The molecule has 3 fully saturated rings. The Kier molecular flexibility index (Phi) is 3.35. The molecule has 2 saturated carbocycles. The summed E-state index contributed by atoms with van der Waals surface area (Å²) in [6, 6.07) is 10.4. The lowest BCUT2D eigenvalue weighted by atomic mass is 9.74. The maximum Gasteiger partial charge on any atom is 0.255 e. The second kappa shape index (κ2) is 5.55. The summed E-state index contributed by atoms with van der Waals surface area (Å²) in [7, 11) is 0. The van der Waals surface area contributed by atoms with Gasteiger partial charge in [-0.3, -0.25) is 9.59 Å². The molecule has 2 aromatic rings. The molecule has 6 heteroatoms. The summed E-state index contributed by atoms with van der Waals surface area (Å²) in [4.78, 5) is 25.8. The first-order chi connectivity index (χ1) is 13.0. The highest BCUT2D eigenvalue weighted by Gasteiger charge is 2.73. The summed E-state index contributed by atoms with van der Waals surface area (Å²) in [6.07, 6.45) is 5.56. The van der Waals surface area contributed by atoms with E-state index in [-0.39, 0.29) is 11.1 Å². The molecule has 1 heterocycles. The van der Waals surface area contributed by atoms with Crippen LogP contribution in [0.15, 0.2) is 36.4 Å². The number of halogens is 1. The third kappa shape index (κ3) is 2.22. The minimum atomic E-state index is -0.998. The number of carbonyl (C=O) groups is 2. The molecule has 1 amide bonds. The molecule has 3 aliphatic rings. The van der Waals surface area contributed by atoms with Crippen molar-refractivity contribution in [2.45, 2.75) is 37.3 Å². The van der Waals surface area contributed by atoms with Crippen LogP contribution in [-0.2, 0) is 0 Å². The van der Waals surface area contributed by atoms with E-state index < -0.39 is 17.5 Å². The Bertz CT molecular complexity index is 959. The fraction of sp³-hybridized carbons (Fsp3) is 0.333. The predicted octanol–water partition coefficient (Wildman–Crippen LogP) is 3.73. The number of hydrogen-bond donors (Lipinski definition) is 2. The van der Waals surface area contributed by atoms with Crippen LogP contribution in [0, 0.1) is 11.7 Å². The van der Waals surface area contributed by atoms with Crippen LogP contribution < -0.4 is 10.2 Å². The summed E-state index contributed by atoms with van der Waals surface area (Å²) < 4.78 is 13.7. The number of piperidine rings is 1. The lowest BCUT2D eigenvalue weighted by Gasteiger charge is -2.36. The smallest absolute Gasteiger partial charge is 0.255 e. The zero-order valence-corrected chi connectivity index (χ0v) is 14.6. The average Bonchev–Trinajstić information content (AvgIpc) is 3.27. The molecule has 2 aliphatic carbocycles. The van der Waals surface area contributed by atoms with E-state index in [1.54, 1.807) is 0 Å². The molecule has 0 bridgehead atoms. The van der Waals surface area contributed by atoms with Crippen LogP contribution in [0.3, 0.4) is 0 Å². The zero-order chi connectivity index (χ0) is 18.8. The normalized spacial score (nSPS) is 27.4. The number of rotatable bonds is 4. The largest absolute Gasteiger partial charge is 0.504 e. The first kappa shape index (κ1) is 16.3. The molecule has 27 heavy (non-hydrogen) atoms. The summed E-state index contributed by atoms with van der Waals surface area (Å²) in [5.41, 5.74) is 1.92. The van der Waals surface area contributed by atoms with Gasteiger partial charge in [0.2, 0.25) is 0 Å². The first-order valence-electron chi connectivity index (χ1n) is 9.23. The Morgan fingerprint density at radius 3 is 2.63 bits per heavy atom. The van der Waals surface area contributed by atoms with Crippen molar-refractivity contribution in [3.05, 3.63) is 53.3 Å². The van der Waals surface area contributed by atoms with Gasteiger partial charge in [-0.25, -0.2) is 4.39 Å². The third-order valence-corrected chi connectivity index (χ3v) is 6.54. The monoisotopic (exact) mass is 366 g/mol. The first-order valence-corrected chi connectivity index (χ1v) is 9.23. The van der Waals surface area contributed by atoms with E-state index in [4.69, 9.17) is 0 Å². The van der Waals surface area contributed by atoms with E-state index in [9.17, 15) is 19.1 Å². The third-order valence-electron chi connectivity index (χ3n) is 6.54. The van der Waals surface area contributed by atoms with Crippen molar-refractivity contribution in [3.8, 4) is 5.75 Å². The Morgan fingerprint density at radius 2 is 2.00 bits per heavy atom. The van der Waals surface area contributed by atoms with E-state index in [0.29, 0.717) is 23.6 Å². The van der Waals surface area contributed by atoms with Crippen LogP contribution in [0.2, 0.25) is 0 Å². The van der Waals surface area contributed by atoms with E-state index in [0.717, 1.165) is 12.0 Å². The van der Waals surface area contributed by atoms with Gasteiger partial charge in [0.05, 0.1) is 17.1 Å². The molecule has 0 radical (unpaired) electrons. The van der Waals surface area contributed by atoms with Crippen LogP contribution in [0.4, 0.5) is 15.8 Å². The Labute approximate surface area is 155 Å². The molecule has 138 valence electrons. The van der Waals surface area contributed by atoms with Crippen molar-refractivity contribution in [2.24, 2.45) is 5.92 Å². The molecular formula is C21H19FN2O3. The highest BCUT2D eigenvalue weighted by atomic mass is 19.1. The molecule has 2 N–H and O–H groups in total. The molecule has 3 unspecified atom stereocenters. The number of nitrogens with one attached hydrogen (secondary N) is 1. The molecule has 0 aromatic heterocycles. The molecule has 5 rings (SSSR count). The second-order valence-electron chi connectivity index (χ2n) is 7.70. The van der Waals surface area contributed by atoms with Crippen molar-refractivity contribution < 1.29 is 19.1 Å². The Morgan fingerprint density at radius 1 is 1.22 bits per heavy atom. The number of anilines is 2. The van der Waals surface area contributed by atoms with Crippen LogP contribution in [0.1, 0.15) is 46.4 Å². The number of amides is 1.